The molecule has 6 nitrogen and oxygen atoms in total. The van der Waals surface area contributed by atoms with Crippen LogP contribution in [0.5, 0.6) is 0 Å². The number of nitrogens with zero attached hydrogens (tertiary/aromatic N) is 4. The van der Waals surface area contributed by atoms with Crippen LogP contribution in [0.4, 0.5) is 5.69 Å². The number of H-pyrrole nitrogens is 1. The number of amides is 1. The highest BCUT2D eigenvalue weighted by atomic mass is 16.2. The third-order valence-electron chi connectivity index (χ3n) is 6.50. The van der Waals surface area contributed by atoms with Crippen LogP contribution in [0.1, 0.15) is 27.9 Å². The maximum atomic E-state index is 13.7. The van der Waals surface area contributed by atoms with E-state index in [2.05, 4.69) is 33.1 Å². The molecule has 174 valence electrons. The minimum atomic E-state index is -0.0366. The molecule has 35 heavy (non-hydrogen) atoms. The van der Waals surface area contributed by atoms with E-state index in [4.69, 9.17) is 0 Å². The fourth-order valence-electron chi connectivity index (χ4n) is 4.80. The minimum Gasteiger partial charge on any atom is -0.363 e. The number of benzene rings is 3. The first-order chi connectivity index (χ1) is 17.2. The highest BCUT2D eigenvalue weighted by Crippen LogP contribution is 2.31. The van der Waals surface area contributed by atoms with E-state index in [0.717, 1.165) is 28.9 Å². The number of fused-ring (bicyclic) bond motifs is 1. The largest absolute Gasteiger partial charge is 0.363 e. The molecule has 3 aromatic carbocycles. The van der Waals surface area contributed by atoms with Crippen molar-refractivity contribution in [3.63, 3.8) is 0 Å². The number of imidazole rings is 1. The molecule has 0 bridgehead atoms. The summed E-state index contributed by atoms with van der Waals surface area (Å²) >= 11 is 0. The number of nitriles is 1. The smallest absolute Gasteiger partial charge is 0.227 e. The molecule has 1 N–H and O–H groups in total. The van der Waals surface area contributed by atoms with Gasteiger partial charge in [0.2, 0.25) is 5.91 Å². The van der Waals surface area contributed by atoms with Gasteiger partial charge in [-0.15, -0.1) is 0 Å². The first-order valence-corrected chi connectivity index (χ1v) is 11.8. The van der Waals surface area contributed by atoms with Crippen molar-refractivity contribution in [2.24, 2.45) is 0 Å². The first kappa shape index (κ1) is 22.4. The second kappa shape index (κ2) is 10.3. The predicted molar refractivity (Wildman–Crippen MR) is 135 cm³/mol. The van der Waals surface area contributed by atoms with E-state index in [0.29, 0.717) is 31.6 Å². The zero-order valence-electron chi connectivity index (χ0n) is 19.5. The van der Waals surface area contributed by atoms with Crippen LogP contribution >= 0.6 is 0 Å². The van der Waals surface area contributed by atoms with Gasteiger partial charge in [0.05, 0.1) is 42.7 Å². The van der Waals surface area contributed by atoms with Crippen molar-refractivity contribution in [2.45, 2.75) is 32.0 Å². The fraction of sp³-hybridized carbons (Fsp3) is 0.207. The van der Waals surface area contributed by atoms with E-state index in [9.17, 15) is 10.1 Å². The summed E-state index contributed by atoms with van der Waals surface area (Å²) in [5.74, 6) is 0.0899. The maximum Gasteiger partial charge on any atom is 0.227 e. The number of nitrogens with one attached hydrogen (secondary N) is 1. The maximum absolute atomic E-state index is 13.7. The lowest BCUT2D eigenvalue weighted by Crippen LogP contribution is -2.46. The van der Waals surface area contributed by atoms with E-state index in [1.807, 2.05) is 77.8 Å². The highest BCUT2D eigenvalue weighted by molar-refractivity contribution is 5.80. The Morgan fingerprint density at radius 1 is 1.03 bits per heavy atom. The molecule has 2 heterocycles. The van der Waals surface area contributed by atoms with Gasteiger partial charge < -0.3 is 14.8 Å². The predicted octanol–water partition coefficient (Wildman–Crippen LogP) is 4.48. The second-order valence-electron chi connectivity index (χ2n) is 8.92. The zero-order chi connectivity index (χ0) is 24.0. The molecule has 1 unspecified atom stereocenters. The van der Waals surface area contributed by atoms with Gasteiger partial charge in [-0.25, -0.2) is 4.98 Å². The Hall–Kier alpha value is -4.37. The molecule has 1 amide bonds. The number of hydrogen-bond acceptors (Lipinski definition) is 4. The number of rotatable bonds is 6. The van der Waals surface area contributed by atoms with Gasteiger partial charge in [-0.2, -0.15) is 5.26 Å². The summed E-state index contributed by atoms with van der Waals surface area (Å²) < 4.78 is 0. The molecule has 1 aliphatic rings. The monoisotopic (exact) mass is 461 g/mol. The molecule has 0 radical (unpaired) electrons. The Morgan fingerprint density at radius 3 is 2.46 bits per heavy atom. The average molecular weight is 462 g/mol. The quantitative estimate of drug-likeness (QED) is 0.459. The fourth-order valence-corrected chi connectivity index (χ4v) is 4.80. The van der Waals surface area contributed by atoms with Gasteiger partial charge in [-0.05, 0) is 41.3 Å². The number of aromatic amines is 1. The van der Waals surface area contributed by atoms with Gasteiger partial charge in [0, 0.05) is 25.0 Å². The third kappa shape index (κ3) is 5.25. The Morgan fingerprint density at radius 2 is 1.77 bits per heavy atom. The van der Waals surface area contributed by atoms with Crippen LogP contribution in [0.15, 0.2) is 91.4 Å². The molecule has 0 fully saturated rings. The van der Waals surface area contributed by atoms with Crippen molar-refractivity contribution in [1.29, 1.82) is 5.26 Å². The first-order valence-electron chi connectivity index (χ1n) is 11.8. The van der Waals surface area contributed by atoms with Crippen molar-refractivity contribution in [3.8, 4) is 6.07 Å². The van der Waals surface area contributed by atoms with Crippen molar-refractivity contribution >= 4 is 11.6 Å². The highest BCUT2D eigenvalue weighted by Gasteiger charge is 2.31. The minimum absolute atomic E-state index is 0.0366. The molecule has 1 aromatic heterocycles. The lowest BCUT2D eigenvalue weighted by atomic mass is 10.0. The van der Waals surface area contributed by atoms with E-state index in [-0.39, 0.29) is 11.9 Å². The van der Waals surface area contributed by atoms with Crippen LogP contribution in [0.3, 0.4) is 0 Å². The van der Waals surface area contributed by atoms with Crippen LogP contribution in [0.25, 0.3) is 0 Å². The Labute approximate surface area is 205 Å². The average Bonchev–Trinajstić information content (AvgIpc) is 3.35. The number of aromatic nitrogens is 2. The topological polar surface area (TPSA) is 76.0 Å². The van der Waals surface area contributed by atoms with E-state index in [1.54, 1.807) is 6.33 Å². The van der Waals surface area contributed by atoms with Crippen molar-refractivity contribution in [2.75, 3.05) is 11.4 Å². The van der Waals surface area contributed by atoms with Gasteiger partial charge in [-0.3, -0.25) is 4.79 Å². The summed E-state index contributed by atoms with van der Waals surface area (Å²) in [5, 5.41) is 9.54. The normalized spacial score (nSPS) is 15.2. The lowest BCUT2D eigenvalue weighted by Gasteiger charge is -2.33. The Balaban J connectivity index is 1.53. The summed E-state index contributed by atoms with van der Waals surface area (Å²) in [5.41, 5.74) is 5.75. The van der Waals surface area contributed by atoms with Crippen LogP contribution in [-0.4, -0.2) is 33.4 Å². The number of hydrogen-bond donors (Lipinski definition) is 1. The van der Waals surface area contributed by atoms with Crippen molar-refractivity contribution in [1.82, 2.24) is 14.9 Å². The summed E-state index contributed by atoms with van der Waals surface area (Å²) in [6.07, 6.45) is 4.68. The van der Waals surface area contributed by atoms with Crippen LogP contribution < -0.4 is 4.90 Å². The second-order valence-corrected chi connectivity index (χ2v) is 8.92. The number of carbonyl (C=O) groups is 1. The van der Waals surface area contributed by atoms with Gasteiger partial charge in [0.25, 0.3) is 0 Å². The summed E-state index contributed by atoms with van der Waals surface area (Å²) in [6.45, 7) is 1.75. The lowest BCUT2D eigenvalue weighted by molar-refractivity contribution is -0.133. The summed E-state index contributed by atoms with van der Waals surface area (Å²) in [7, 11) is 0. The van der Waals surface area contributed by atoms with Crippen molar-refractivity contribution < 1.29 is 4.79 Å². The van der Waals surface area contributed by atoms with E-state index >= 15 is 0 Å². The molecule has 5 rings (SSSR count). The van der Waals surface area contributed by atoms with Gasteiger partial charge in [0.15, 0.2) is 0 Å². The third-order valence-corrected chi connectivity index (χ3v) is 6.50. The SMILES string of the molecule is N#Cc1ccc2c(c1)CN(C(=O)Cc1ccccc1)C(Cc1ccccc1)CN2Cc1c[nH]cn1. The molecule has 6 heteroatoms. The van der Waals surface area contributed by atoms with Gasteiger partial charge in [0.1, 0.15) is 0 Å². The standard InChI is InChI=1S/C29H27N5O/c30-16-24-11-12-28-25(13-24)18-34(29(35)15-23-9-5-2-6-10-23)27(14-22-7-3-1-4-8-22)20-33(28)19-26-17-31-21-32-26/h1-13,17,21,27H,14-15,18-20H2,(H,31,32). The molecular formula is C29H27N5O. The summed E-state index contributed by atoms with van der Waals surface area (Å²) in [4.78, 5) is 25.5. The molecule has 4 aromatic rings. The van der Waals surface area contributed by atoms with E-state index < -0.39 is 0 Å². The van der Waals surface area contributed by atoms with Crippen LogP contribution in [0.2, 0.25) is 0 Å². The summed E-state index contributed by atoms with van der Waals surface area (Å²) in [6, 6.07) is 28.2. The van der Waals surface area contributed by atoms with Crippen LogP contribution in [0, 0.1) is 11.3 Å². The Kier molecular flexibility index (Phi) is 6.58. The van der Waals surface area contributed by atoms with Crippen molar-refractivity contribution in [3.05, 3.63) is 119 Å². The molecule has 0 aliphatic carbocycles. The van der Waals surface area contributed by atoms with E-state index in [1.165, 1.54) is 5.56 Å². The molecular weight excluding hydrogens is 434 g/mol. The van der Waals surface area contributed by atoms with Gasteiger partial charge >= 0.3 is 0 Å². The number of carbonyl (C=O) groups excluding carboxylic acids is 1. The molecule has 0 saturated heterocycles. The molecule has 1 aliphatic heterocycles. The van der Waals surface area contributed by atoms with Gasteiger partial charge in [-0.1, -0.05) is 60.7 Å². The zero-order valence-corrected chi connectivity index (χ0v) is 19.5. The molecule has 0 spiro atoms. The number of anilines is 1. The Bertz CT molecular complexity index is 1310. The molecule has 0 saturated carbocycles. The molecule has 1 atom stereocenters. The van der Waals surface area contributed by atoms with Crippen LogP contribution in [-0.2, 0) is 30.7 Å².